The highest BCUT2D eigenvalue weighted by Crippen LogP contribution is 2.24. The molecule has 0 amide bonds. The zero-order valence-electron chi connectivity index (χ0n) is 17.7. The zero-order valence-corrected chi connectivity index (χ0v) is 17.7. The third-order valence-corrected chi connectivity index (χ3v) is 5.46. The molecule has 1 heteroatoms. The summed E-state index contributed by atoms with van der Waals surface area (Å²) in [4.78, 5) is 0. The Labute approximate surface area is 175 Å². The first-order valence-corrected chi connectivity index (χ1v) is 11.0. The number of aryl methyl sites for hydroxylation is 2. The van der Waals surface area contributed by atoms with Gasteiger partial charge in [-0.2, -0.15) is 0 Å². The quantitative estimate of drug-likeness (QED) is 0.273. The van der Waals surface area contributed by atoms with E-state index >= 15 is 0 Å². The summed E-state index contributed by atoms with van der Waals surface area (Å²) in [6.07, 6.45) is 9.02. The molecular formula is C28H31F. The molecular weight excluding hydrogens is 355 g/mol. The fraction of sp³-hybridized carbons (Fsp3) is 0.357. The van der Waals surface area contributed by atoms with Crippen LogP contribution in [0.2, 0.25) is 0 Å². The fourth-order valence-corrected chi connectivity index (χ4v) is 3.63. The largest absolute Gasteiger partial charge is 0.206 e. The smallest absolute Gasteiger partial charge is 0.134 e. The Morgan fingerprint density at radius 3 is 2.17 bits per heavy atom. The molecule has 0 spiro atoms. The Hall–Kier alpha value is -2.59. The molecule has 0 aliphatic rings. The number of rotatable bonds is 8. The molecule has 0 aromatic heterocycles. The van der Waals surface area contributed by atoms with Gasteiger partial charge in [0.15, 0.2) is 0 Å². The van der Waals surface area contributed by atoms with Gasteiger partial charge in [-0.3, -0.25) is 0 Å². The van der Waals surface area contributed by atoms with Crippen LogP contribution in [-0.4, -0.2) is 0 Å². The van der Waals surface area contributed by atoms with Crippen molar-refractivity contribution in [2.45, 2.75) is 65.2 Å². The van der Waals surface area contributed by atoms with Gasteiger partial charge in [-0.25, -0.2) is 4.39 Å². The van der Waals surface area contributed by atoms with E-state index in [1.165, 1.54) is 37.7 Å². The number of hydrogen-bond acceptors (Lipinski definition) is 0. The van der Waals surface area contributed by atoms with Crippen LogP contribution in [0.1, 0.15) is 74.6 Å². The highest BCUT2D eigenvalue weighted by atomic mass is 19.1. The molecule has 0 N–H and O–H groups in total. The highest BCUT2D eigenvalue weighted by molar-refractivity contribution is 5.85. The van der Waals surface area contributed by atoms with Crippen molar-refractivity contribution in [2.24, 2.45) is 0 Å². The Balaban J connectivity index is 1.72. The third-order valence-electron chi connectivity index (χ3n) is 5.46. The van der Waals surface area contributed by atoms with Gasteiger partial charge in [-0.05, 0) is 66.5 Å². The summed E-state index contributed by atoms with van der Waals surface area (Å²) in [7, 11) is 0. The number of fused-ring (bicyclic) bond motifs is 1. The molecule has 0 aliphatic carbocycles. The number of hydrogen-bond donors (Lipinski definition) is 0. The summed E-state index contributed by atoms with van der Waals surface area (Å²) < 4.78 is 14.9. The lowest BCUT2D eigenvalue weighted by molar-refractivity contribution is 0.603. The van der Waals surface area contributed by atoms with Crippen molar-refractivity contribution in [3.05, 3.63) is 82.7 Å². The van der Waals surface area contributed by atoms with E-state index in [4.69, 9.17) is 0 Å². The van der Waals surface area contributed by atoms with Crippen molar-refractivity contribution in [3.8, 4) is 11.8 Å². The van der Waals surface area contributed by atoms with Gasteiger partial charge in [0.2, 0.25) is 0 Å². The van der Waals surface area contributed by atoms with E-state index in [0.29, 0.717) is 5.39 Å². The Morgan fingerprint density at radius 1 is 0.690 bits per heavy atom. The molecule has 0 bridgehead atoms. The second-order valence-corrected chi connectivity index (χ2v) is 7.84. The molecule has 0 heterocycles. The summed E-state index contributed by atoms with van der Waals surface area (Å²) >= 11 is 0. The van der Waals surface area contributed by atoms with E-state index < -0.39 is 0 Å². The van der Waals surface area contributed by atoms with Crippen LogP contribution in [0.4, 0.5) is 4.39 Å². The van der Waals surface area contributed by atoms with Gasteiger partial charge in [0, 0.05) is 16.5 Å². The Morgan fingerprint density at radius 2 is 1.41 bits per heavy atom. The van der Waals surface area contributed by atoms with E-state index in [1.54, 1.807) is 0 Å². The van der Waals surface area contributed by atoms with E-state index in [2.05, 4.69) is 50.0 Å². The summed E-state index contributed by atoms with van der Waals surface area (Å²) in [6.45, 7) is 4.41. The third kappa shape index (κ3) is 5.94. The Kier molecular flexibility index (Phi) is 7.88. The molecule has 29 heavy (non-hydrogen) atoms. The minimum Gasteiger partial charge on any atom is -0.206 e. The lowest BCUT2D eigenvalue weighted by Crippen LogP contribution is -1.93. The van der Waals surface area contributed by atoms with Crippen LogP contribution < -0.4 is 0 Å². The van der Waals surface area contributed by atoms with Gasteiger partial charge in [0.05, 0.1) is 0 Å². The van der Waals surface area contributed by atoms with Crippen LogP contribution in [-0.2, 0) is 12.8 Å². The normalized spacial score (nSPS) is 10.7. The standard InChI is InChI=1S/C28H31F/c1-3-5-7-8-10-25-18-19-26-21-24(17-20-27(26)28(25)29)16-15-23-13-11-22(12-14-23)9-6-4-2/h11-14,17-21H,3-10H2,1-2H3. The van der Waals surface area contributed by atoms with Gasteiger partial charge in [0.25, 0.3) is 0 Å². The van der Waals surface area contributed by atoms with Crippen LogP contribution >= 0.6 is 0 Å². The van der Waals surface area contributed by atoms with Crippen LogP contribution in [0.3, 0.4) is 0 Å². The first-order valence-electron chi connectivity index (χ1n) is 11.0. The molecule has 0 fully saturated rings. The van der Waals surface area contributed by atoms with Crippen molar-refractivity contribution in [1.82, 2.24) is 0 Å². The number of benzene rings is 3. The second-order valence-electron chi connectivity index (χ2n) is 7.84. The van der Waals surface area contributed by atoms with Crippen molar-refractivity contribution in [1.29, 1.82) is 0 Å². The first kappa shape index (κ1) is 21.1. The molecule has 0 saturated carbocycles. The van der Waals surface area contributed by atoms with Gasteiger partial charge in [0.1, 0.15) is 5.82 Å². The maximum absolute atomic E-state index is 14.9. The van der Waals surface area contributed by atoms with Crippen LogP contribution in [0.25, 0.3) is 10.8 Å². The number of halogens is 1. The molecule has 0 nitrogen and oxygen atoms in total. The molecule has 0 radical (unpaired) electrons. The Bertz CT molecular complexity index is 986. The minimum absolute atomic E-state index is 0.0684. The summed E-state index contributed by atoms with van der Waals surface area (Å²) in [5.74, 6) is 6.39. The predicted octanol–water partition coefficient (Wildman–Crippen LogP) is 7.84. The average molecular weight is 387 g/mol. The van der Waals surface area contributed by atoms with E-state index in [-0.39, 0.29) is 5.82 Å². The van der Waals surface area contributed by atoms with Gasteiger partial charge >= 0.3 is 0 Å². The van der Waals surface area contributed by atoms with Gasteiger partial charge in [-0.15, -0.1) is 0 Å². The SMILES string of the molecule is CCCCCCc1ccc2cc(C#Cc3ccc(CCCC)cc3)ccc2c1F. The van der Waals surface area contributed by atoms with Gasteiger partial charge in [-0.1, -0.05) is 81.7 Å². The maximum Gasteiger partial charge on any atom is 0.134 e. The monoisotopic (exact) mass is 386 g/mol. The molecule has 3 aromatic carbocycles. The average Bonchev–Trinajstić information content (AvgIpc) is 2.76. The van der Waals surface area contributed by atoms with Crippen molar-refractivity contribution in [3.63, 3.8) is 0 Å². The molecule has 0 atom stereocenters. The van der Waals surface area contributed by atoms with E-state index in [1.807, 2.05) is 30.3 Å². The second kappa shape index (κ2) is 10.8. The van der Waals surface area contributed by atoms with Crippen LogP contribution in [0.5, 0.6) is 0 Å². The molecule has 0 unspecified atom stereocenters. The highest BCUT2D eigenvalue weighted by Gasteiger charge is 2.07. The molecule has 3 rings (SSSR count). The summed E-state index contributed by atoms with van der Waals surface area (Å²) in [5.41, 5.74) is 4.13. The minimum atomic E-state index is -0.0684. The molecule has 0 saturated heterocycles. The number of unbranched alkanes of at least 4 members (excludes halogenated alkanes) is 4. The zero-order chi connectivity index (χ0) is 20.5. The molecule has 0 aliphatic heterocycles. The molecule has 3 aromatic rings. The first-order chi connectivity index (χ1) is 14.2. The summed E-state index contributed by atoms with van der Waals surface area (Å²) in [5, 5.41) is 1.62. The van der Waals surface area contributed by atoms with Crippen molar-refractivity contribution in [2.75, 3.05) is 0 Å². The topological polar surface area (TPSA) is 0 Å². The maximum atomic E-state index is 14.9. The lowest BCUT2D eigenvalue weighted by atomic mass is 10.00. The van der Waals surface area contributed by atoms with Gasteiger partial charge < -0.3 is 0 Å². The van der Waals surface area contributed by atoms with Crippen molar-refractivity contribution >= 4 is 10.8 Å². The summed E-state index contributed by atoms with van der Waals surface area (Å²) in [6, 6.07) is 18.3. The van der Waals surface area contributed by atoms with E-state index in [0.717, 1.165) is 41.3 Å². The molecule has 150 valence electrons. The van der Waals surface area contributed by atoms with Crippen LogP contribution in [0, 0.1) is 17.7 Å². The van der Waals surface area contributed by atoms with E-state index in [9.17, 15) is 4.39 Å². The predicted molar refractivity (Wildman–Crippen MR) is 123 cm³/mol. The van der Waals surface area contributed by atoms with Crippen molar-refractivity contribution < 1.29 is 4.39 Å². The lowest BCUT2D eigenvalue weighted by Gasteiger charge is -2.07. The fourth-order valence-electron chi connectivity index (χ4n) is 3.63. The van der Waals surface area contributed by atoms with Crippen LogP contribution in [0.15, 0.2) is 54.6 Å².